The van der Waals surface area contributed by atoms with Crippen molar-refractivity contribution in [3.63, 3.8) is 0 Å². The number of pyridine rings is 1. The molecule has 1 aliphatic rings. The summed E-state index contributed by atoms with van der Waals surface area (Å²) in [5, 5.41) is 4.97. The number of ether oxygens (including phenoxy) is 2. The highest BCUT2D eigenvalue weighted by Crippen LogP contribution is 2.33. The molecular formula is C28H27N3O3S. The predicted octanol–water partition coefficient (Wildman–Crippen LogP) is 4.95. The summed E-state index contributed by atoms with van der Waals surface area (Å²) in [6, 6.07) is 22.1. The molecule has 0 atom stereocenters. The van der Waals surface area contributed by atoms with Crippen LogP contribution in [-0.2, 0) is 19.6 Å². The molecule has 1 aliphatic heterocycles. The minimum atomic E-state index is -0.107. The zero-order valence-corrected chi connectivity index (χ0v) is 20.6. The number of aromatic amines is 1. The van der Waals surface area contributed by atoms with E-state index < -0.39 is 0 Å². The van der Waals surface area contributed by atoms with Crippen molar-refractivity contribution >= 4 is 28.2 Å². The lowest BCUT2D eigenvalue weighted by Crippen LogP contribution is -2.39. The first-order valence-electron chi connectivity index (χ1n) is 11.5. The third-order valence-electron chi connectivity index (χ3n) is 6.14. The van der Waals surface area contributed by atoms with Crippen LogP contribution in [0.1, 0.15) is 27.8 Å². The number of benzene rings is 3. The SMILES string of the molecule is Cc1cc(C)c2cc(CN(Cc3ccc4c(c3)OCO4)C(=S)NCc3ccccc3)c(=O)[nH]c2c1. The average Bonchev–Trinajstić information content (AvgIpc) is 3.31. The minimum Gasteiger partial charge on any atom is -0.454 e. The quantitative estimate of drug-likeness (QED) is 0.377. The van der Waals surface area contributed by atoms with E-state index in [0.29, 0.717) is 30.3 Å². The number of aromatic nitrogens is 1. The fraction of sp³-hybridized carbons (Fsp3) is 0.214. The molecule has 7 heteroatoms. The van der Waals surface area contributed by atoms with Gasteiger partial charge in [0.25, 0.3) is 5.56 Å². The van der Waals surface area contributed by atoms with Crippen molar-refractivity contribution in [1.82, 2.24) is 15.2 Å². The van der Waals surface area contributed by atoms with Crippen molar-refractivity contribution in [2.24, 2.45) is 0 Å². The molecule has 3 aromatic carbocycles. The van der Waals surface area contributed by atoms with Crippen LogP contribution in [0.4, 0.5) is 0 Å². The van der Waals surface area contributed by atoms with Gasteiger partial charge < -0.3 is 24.7 Å². The Morgan fingerprint density at radius 2 is 1.77 bits per heavy atom. The summed E-state index contributed by atoms with van der Waals surface area (Å²) in [5.74, 6) is 1.46. The summed E-state index contributed by atoms with van der Waals surface area (Å²) in [6.07, 6.45) is 0. The van der Waals surface area contributed by atoms with Crippen LogP contribution >= 0.6 is 12.2 Å². The summed E-state index contributed by atoms with van der Waals surface area (Å²) in [4.78, 5) is 18.1. The Balaban J connectivity index is 1.43. The van der Waals surface area contributed by atoms with Crippen LogP contribution in [0.3, 0.4) is 0 Å². The van der Waals surface area contributed by atoms with Gasteiger partial charge in [-0.1, -0.05) is 42.5 Å². The second kappa shape index (κ2) is 9.80. The predicted molar refractivity (Wildman–Crippen MR) is 142 cm³/mol. The van der Waals surface area contributed by atoms with Gasteiger partial charge in [-0.3, -0.25) is 4.79 Å². The lowest BCUT2D eigenvalue weighted by Gasteiger charge is -2.26. The molecule has 2 heterocycles. The van der Waals surface area contributed by atoms with Crippen molar-refractivity contribution < 1.29 is 9.47 Å². The van der Waals surface area contributed by atoms with Crippen LogP contribution in [0.15, 0.2) is 71.5 Å². The van der Waals surface area contributed by atoms with E-state index in [0.717, 1.165) is 44.7 Å². The molecule has 5 rings (SSSR count). The number of thiocarbonyl (C=S) groups is 1. The van der Waals surface area contributed by atoms with E-state index in [1.165, 1.54) is 0 Å². The molecule has 0 bridgehead atoms. The van der Waals surface area contributed by atoms with E-state index in [2.05, 4.69) is 35.4 Å². The van der Waals surface area contributed by atoms with E-state index in [4.69, 9.17) is 21.7 Å². The zero-order chi connectivity index (χ0) is 24.4. The zero-order valence-electron chi connectivity index (χ0n) is 19.8. The molecule has 1 aromatic heterocycles. The number of hydrogen-bond donors (Lipinski definition) is 2. The van der Waals surface area contributed by atoms with E-state index >= 15 is 0 Å². The van der Waals surface area contributed by atoms with Gasteiger partial charge >= 0.3 is 0 Å². The van der Waals surface area contributed by atoms with E-state index in [1.807, 2.05) is 60.4 Å². The summed E-state index contributed by atoms with van der Waals surface area (Å²) >= 11 is 5.80. The normalized spacial score (nSPS) is 12.1. The maximum Gasteiger partial charge on any atom is 0.253 e. The maximum atomic E-state index is 13.0. The van der Waals surface area contributed by atoms with Crippen LogP contribution in [0.2, 0.25) is 0 Å². The van der Waals surface area contributed by atoms with Gasteiger partial charge in [-0.25, -0.2) is 0 Å². The van der Waals surface area contributed by atoms with Gasteiger partial charge in [-0.05, 0) is 72.6 Å². The molecule has 0 aliphatic carbocycles. The largest absolute Gasteiger partial charge is 0.454 e. The van der Waals surface area contributed by atoms with E-state index in [1.54, 1.807) is 0 Å². The first-order chi connectivity index (χ1) is 17.0. The molecule has 0 fully saturated rings. The molecule has 0 spiro atoms. The van der Waals surface area contributed by atoms with Crippen LogP contribution in [0.25, 0.3) is 10.9 Å². The topological polar surface area (TPSA) is 66.6 Å². The summed E-state index contributed by atoms with van der Waals surface area (Å²) in [5.41, 5.74) is 5.80. The monoisotopic (exact) mass is 485 g/mol. The van der Waals surface area contributed by atoms with E-state index in [9.17, 15) is 4.79 Å². The fourth-order valence-electron chi connectivity index (χ4n) is 4.38. The highest BCUT2D eigenvalue weighted by molar-refractivity contribution is 7.80. The number of nitrogens with zero attached hydrogens (tertiary/aromatic N) is 1. The average molecular weight is 486 g/mol. The van der Waals surface area contributed by atoms with Crippen molar-refractivity contribution in [2.75, 3.05) is 6.79 Å². The van der Waals surface area contributed by atoms with Gasteiger partial charge in [-0.2, -0.15) is 0 Å². The van der Waals surface area contributed by atoms with Crippen molar-refractivity contribution in [1.29, 1.82) is 0 Å². The first kappa shape index (κ1) is 22.9. The standard InChI is InChI=1S/C28H27N3O3S/c1-18-10-19(2)23-13-22(27(32)30-24(23)11-18)16-31(28(35)29-14-20-6-4-3-5-7-20)15-21-8-9-25-26(12-21)34-17-33-25/h3-13H,14-17H2,1-2H3,(H,29,35)(H,30,32). The molecule has 2 N–H and O–H groups in total. The fourth-order valence-corrected chi connectivity index (χ4v) is 4.59. The van der Waals surface area contributed by atoms with Gasteiger partial charge in [0.15, 0.2) is 16.6 Å². The molecule has 0 saturated heterocycles. The maximum absolute atomic E-state index is 13.0. The lowest BCUT2D eigenvalue weighted by molar-refractivity contribution is 0.174. The molecule has 178 valence electrons. The number of rotatable bonds is 6. The van der Waals surface area contributed by atoms with Crippen molar-refractivity contribution in [2.45, 2.75) is 33.5 Å². The van der Waals surface area contributed by atoms with Crippen LogP contribution < -0.4 is 20.3 Å². The van der Waals surface area contributed by atoms with Crippen LogP contribution in [0, 0.1) is 13.8 Å². The Kier molecular flexibility index (Phi) is 6.42. The van der Waals surface area contributed by atoms with Gasteiger partial charge in [0, 0.05) is 29.6 Å². The highest BCUT2D eigenvalue weighted by Gasteiger charge is 2.18. The second-order valence-corrected chi connectivity index (χ2v) is 9.24. The lowest BCUT2D eigenvalue weighted by atomic mass is 10.0. The van der Waals surface area contributed by atoms with Gasteiger partial charge in [0.1, 0.15) is 0 Å². The Hall–Kier alpha value is -3.84. The van der Waals surface area contributed by atoms with Gasteiger partial charge in [0.2, 0.25) is 6.79 Å². The number of nitrogens with one attached hydrogen (secondary N) is 2. The van der Waals surface area contributed by atoms with Crippen molar-refractivity contribution in [3.05, 3.63) is 105 Å². The first-order valence-corrected chi connectivity index (χ1v) is 12.0. The smallest absolute Gasteiger partial charge is 0.253 e. The van der Waals surface area contributed by atoms with Crippen LogP contribution in [0.5, 0.6) is 11.5 Å². The Bertz CT molecular complexity index is 1450. The second-order valence-electron chi connectivity index (χ2n) is 8.85. The number of aryl methyl sites for hydroxylation is 2. The van der Waals surface area contributed by atoms with Crippen molar-refractivity contribution in [3.8, 4) is 11.5 Å². The molecule has 0 unspecified atom stereocenters. The Morgan fingerprint density at radius 1 is 0.971 bits per heavy atom. The molecule has 0 radical (unpaired) electrons. The third-order valence-corrected chi connectivity index (χ3v) is 6.54. The number of fused-ring (bicyclic) bond motifs is 2. The van der Waals surface area contributed by atoms with Gasteiger partial charge in [0.05, 0.1) is 6.54 Å². The van der Waals surface area contributed by atoms with Crippen LogP contribution in [-0.4, -0.2) is 21.8 Å². The minimum absolute atomic E-state index is 0.107. The van der Waals surface area contributed by atoms with E-state index in [-0.39, 0.29) is 12.4 Å². The molecule has 6 nitrogen and oxygen atoms in total. The number of H-pyrrole nitrogens is 1. The Morgan fingerprint density at radius 3 is 2.60 bits per heavy atom. The molecule has 4 aromatic rings. The summed E-state index contributed by atoms with van der Waals surface area (Å²) in [6.45, 7) is 5.81. The molecular weight excluding hydrogens is 458 g/mol. The molecule has 35 heavy (non-hydrogen) atoms. The highest BCUT2D eigenvalue weighted by atomic mass is 32.1. The number of hydrogen-bond acceptors (Lipinski definition) is 4. The summed E-state index contributed by atoms with van der Waals surface area (Å²) in [7, 11) is 0. The molecule has 0 amide bonds. The summed E-state index contributed by atoms with van der Waals surface area (Å²) < 4.78 is 11.0. The van der Waals surface area contributed by atoms with Gasteiger partial charge in [-0.15, -0.1) is 0 Å². The molecule has 0 saturated carbocycles. The third kappa shape index (κ3) is 5.15. The Labute approximate surface area is 209 Å².